The van der Waals surface area contributed by atoms with Gasteiger partial charge in [-0.3, -0.25) is 4.79 Å². The molecule has 0 atom stereocenters. The molecule has 6 heteroatoms. The Bertz CT molecular complexity index is 1070. The SMILES string of the molecule is CCNC(=O)N(Cc1ccc(OC)cc1)Cc1cc2cc(C)cc(C)c2[nH]c1=O. The molecule has 6 nitrogen and oxygen atoms in total. The number of urea groups is 1. The Hall–Kier alpha value is -3.28. The van der Waals surface area contributed by atoms with Gasteiger partial charge in [-0.2, -0.15) is 0 Å². The summed E-state index contributed by atoms with van der Waals surface area (Å²) < 4.78 is 5.19. The van der Waals surface area contributed by atoms with Crippen molar-refractivity contribution >= 4 is 16.9 Å². The van der Waals surface area contributed by atoms with Crippen LogP contribution in [0.2, 0.25) is 0 Å². The number of H-pyrrole nitrogens is 1. The van der Waals surface area contributed by atoms with Crippen LogP contribution in [0.15, 0.2) is 47.3 Å². The molecule has 0 bridgehead atoms. The second kappa shape index (κ2) is 8.82. The lowest BCUT2D eigenvalue weighted by molar-refractivity contribution is 0.192. The van der Waals surface area contributed by atoms with Gasteiger partial charge in [0.05, 0.1) is 19.2 Å². The maximum Gasteiger partial charge on any atom is 0.317 e. The Labute approximate surface area is 170 Å². The predicted octanol–water partition coefficient (Wildman–Crippen LogP) is 3.89. The van der Waals surface area contributed by atoms with Gasteiger partial charge in [0.1, 0.15) is 5.75 Å². The highest BCUT2D eigenvalue weighted by Crippen LogP contribution is 2.19. The van der Waals surface area contributed by atoms with Crippen molar-refractivity contribution in [3.05, 3.63) is 75.1 Å². The third-order valence-corrected chi connectivity index (χ3v) is 4.88. The molecule has 1 heterocycles. The van der Waals surface area contributed by atoms with E-state index in [0.717, 1.165) is 33.3 Å². The molecule has 0 radical (unpaired) electrons. The quantitative estimate of drug-likeness (QED) is 0.667. The lowest BCUT2D eigenvalue weighted by Gasteiger charge is -2.23. The molecule has 0 unspecified atom stereocenters. The first kappa shape index (κ1) is 20.5. The number of aryl methyl sites for hydroxylation is 2. The first-order valence-corrected chi connectivity index (χ1v) is 9.70. The Kier molecular flexibility index (Phi) is 6.22. The van der Waals surface area contributed by atoms with E-state index in [1.54, 1.807) is 12.0 Å². The smallest absolute Gasteiger partial charge is 0.317 e. The van der Waals surface area contributed by atoms with Crippen LogP contribution in [0.25, 0.3) is 10.9 Å². The van der Waals surface area contributed by atoms with Crippen molar-refractivity contribution in [2.75, 3.05) is 13.7 Å². The van der Waals surface area contributed by atoms with E-state index in [9.17, 15) is 9.59 Å². The predicted molar refractivity (Wildman–Crippen MR) is 115 cm³/mol. The highest BCUT2D eigenvalue weighted by Gasteiger charge is 2.16. The number of nitrogens with one attached hydrogen (secondary N) is 2. The summed E-state index contributed by atoms with van der Waals surface area (Å²) in [5.74, 6) is 0.759. The standard InChI is InChI=1S/C23H27N3O3/c1-5-24-23(28)26(13-17-6-8-20(29-4)9-7-17)14-19-12-18-11-15(2)10-16(3)21(18)25-22(19)27/h6-12H,5,13-14H2,1-4H3,(H,24,28)(H,25,27). The molecule has 0 spiro atoms. The molecule has 29 heavy (non-hydrogen) atoms. The number of aromatic amines is 1. The van der Waals surface area contributed by atoms with E-state index >= 15 is 0 Å². The molecule has 2 N–H and O–H groups in total. The van der Waals surface area contributed by atoms with Gasteiger partial charge in [-0.1, -0.05) is 23.8 Å². The average molecular weight is 393 g/mol. The Morgan fingerprint density at radius 3 is 2.48 bits per heavy atom. The fourth-order valence-electron chi connectivity index (χ4n) is 3.47. The van der Waals surface area contributed by atoms with Crippen molar-refractivity contribution in [3.8, 4) is 5.75 Å². The van der Waals surface area contributed by atoms with E-state index in [0.29, 0.717) is 18.7 Å². The van der Waals surface area contributed by atoms with Crippen molar-refractivity contribution < 1.29 is 9.53 Å². The monoisotopic (exact) mass is 393 g/mol. The minimum atomic E-state index is -0.205. The van der Waals surface area contributed by atoms with Gasteiger partial charge < -0.3 is 19.9 Å². The number of aromatic nitrogens is 1. The van der Waals surface area contributed by atoms with E-state index in [2.05, 4.69) is 10.3 Å². The topological polar surface area (TPSA) is 74.4 Å². The lowest BCUT2D eigenvalue weighted by Crippen LogP contribution is -2.40. The van der Waals surface area contributed by atoms with Crippen molar-refractivity contribution in [2.24, 2.45) is 0 Å². The zero-order valence-electron chi connectivity index (χ0n) is 17.3. The largest absolute Gasteiger partial charge is 0.497 e. The molecule has 0 aliphatic heterocycles. The third-order valence-electron chi connectivity index (χ3n) is 4.88. The fraction of sp³-hybridized carbons (Fsp3) is 0.304. The van der Waals surface area contributed by atoms with Crippen LogP contribution in [0.3, 0.4) is 0 Å². The minimum absolute atomic E-state index is 0.173. The molecule has 3 aromatic rings. The summed E-state index contributed by atoms with van der Waals surface area (Å²) in [7, 11) is 1.62. The molecule has 0 saturated carbocycles. The summed E-state index contributed by atoms with van der Waals surface area (Å²) in [5, 5.41) is 3.80. The lowest BCUT2D eigenvalue weighted by atomic mass is 10.0. The zero-order chi connectivity index (χ0) is 21.0. The maximum atomic E-state index is 12.7. The van der Waals surface area contributed by atoms with E-state index in [1.807, 2.05) is 63.2 Å². The molecule has 0 fully saturated rings. The molecule has 3 rings (SSSR count). The Morgan fingerprint density at radius 2 is 1.83 bits per heavy atom. The molecule has 1 aromatic heterocycles. The number of rotatable bonds is 6. The summed E-state index contributed by atoms with van der Waals surface area (Å²) in [4.78, 5) is 29.9. The summed E-state index contributed by atoms with van der Waals surface area (Å²) in [6.07, 6.45) is 0. The van der Waals surface area contributed by atoms with E-state index in [1.165, 1.54) is 0 Å². The first-order valence-electron chi connectivity index (χ1n) is 9.70. The highest BCUT2D eigenvalue weighted by atomic mass is 16.5. The normalized spacial score (nSPS) is 10.8. The fourth-order valence-corrected chi connectivity index (χ4v) is 3.47. The van der Waals surface area contributed by atoms with Gasteiger partial charge in [-0.25, -0.2) is 4.79 Å². The van der Waals surface area contributed by atoms with Crippen LogP contribution in [-0.2, 0) is 13.1 Å². The number of pyridine rings is 1. The van der Waals surface area contributed by atoms with E-state index in [4.69, 9.17) is 4.74 Å². The van der Waals surface area contributed by atoms with Gasteiger partial charge in [0.2, 0.25) is 0 Å². The first-order chi connectivity index (χ1) is 13.9. The maximum absolute atomic E-state index is 12.7. The number of carbonyl (C=O) groups is 1. The van der Waals surface area contributed by atoms with Crippen LogP contribution in [0, 0.1) is 13.8 Å². The molecule has 0 aliphatic carbocycles. The van der Waals surface area contributed by atoms with Crippen LogP contribution >= 0.6 is 0 Å². The number of carbonyl (C=O) groups excluding carboxylic acids is 1. The van der Waals surface area contributed by atoms with Gasteiger partial charge in [-0.15, -0.1) is 0 Å². The van der Waals surface area contributed by atoms with Crippen LogP contribution in [0.1, 0.15) is 29.2 Å². The second-order valence-electron chi connectivity index (χ2n) is 7.21. The van der Waals surface area contributed by atoms with Gasteiger partial charge in [-0.05, 0) is 61.5 Å². The summed E-state index contributed by atoms with van der Waals surface area (Å²) in [6, 6.07) is 13.3. The summed E-state index contributed by atoms with van der Waals surface area (Å²) >= 11 is 0. The molecular formula is C23H27N3O3. The van der Waals surface area contributed by atoms with E-state index < -0.39 is 0 Å². The number of nitrogens with zero attached hydrogens (tertiary/aromatic N) is 1. The number of amides is 2. The Morgan fingerprint density at radius 1 is 1.10 bits per heavy atom. The number of hydrogen-bond acceptors (Lipinski definition) is 3. The molecular weight excluding hydrogens is 366 g/mol. The highest BCUT2D eigenvalue weighted by molar-refractivity contribution is 5.83. The number of fused-ring (bicyclic) bond motifs is 1. The summed E-state index contributed by atoms with van der Waals surface area (Å²) in [6.45, 7) is 7.01. The number of methoxy groups -OCH3 is 1. The minimum Gasteiger partial charge on any atom is -0.497 e. The number of hydrogen-bond donors (Lipinski definition) is 2. The van der Waals surface area contributed by atoms with Crippen LogP contribution in [0.5, 0.6) is 5.75 Å². The third kappa shape index (κ3) is 4.77. The molecule has 0 saturated heterocycles. The van der Waals surface area contributed by atoms with Crippen molar-refractivity contribution in [1.82, 2.24) is 15.2 Å². The second-order valence-corrected chi connectivity index (χ2v) is 7.21. The molecule has 0 aliphatic rings. The van der Waals surface area contributed by atoms with Crippen LogP contribution in [0.4, 0.5) is 4.79 Å². The zero-order valence-corrected chi connectivity index (χ0v) is 17.3. The van der Waals surface area contributed by atoms with Crippen LogP contribution in [-0.4, -0.2) is 29.6 Å². The van der Waals surface area contributed by atoms with Gasteiger partial charge in [0, 0.05) is 18.7 Å². The summed E-state index contributed by atoms with van der Waals surface area (Å²) in [5.41, 5.74) is 4.34. The van der Waals surface area contributed by atoms with Crippen LogP contribution < -0.4 is 15.6 Å². The number of benzene rings is 2. The Balaban J connectivity index is 1.93. The van der Waals surface area contributed by atoms with Gasteiger partial charge >= 0.3 is 6.03 Å². The average Bonchev–Trinajstić information content (AvgIpc) is 2.69. The van der Waals surface area contributed by atoms with E-state index in [-0.39, 0.29) is 18.1 Å². The van der Waals surface area contributed by atoms with Crippen molar-refractivity contribution in [1.29, 1.82) is 0 Å². The van der Waals surface area contributed by atoms with Crippen molar-refractivity contribution in [2.45, 2.75) is 33.9 Å². The molecule has 152 valence electrons. The van der Waals surface area contributed by atoms with Crippen molar-refractivity contribution in [3.63, 3.8) is 0 Å². The van der Waals surface area contributed by atoms with Gasteiger partial charge in [0.25, 0.3) is 5.56 Å². The van der Waals surface area contributed by atoms with Gasteiger partial charge in [0.15, 0.2) is 0 Å². The number of ether oxygens (including phenoxy) is 1. The molecule has 2 amide bonds. The molecule has 2 aromatic carbocycles.